The Bertz CT molecular complexity index is 986. The molecule has 0 aliphatic heterocycles. The number of aryl methyl sites for hydroxylation is 2. The number of nitrogens with one attached hydrogen (secondary N) is 1. The normalized spacial score (nSPS) is 13.6. The number of non-ortho nitro benzene ring substituents is 1. The molecule has 0 amide bonds. The molecule has 8 nitrogen and oxygen atoms in total. The summed E-state index contributed by atoms with van der Waals surface area (Å²) in [4.78, 5) is 22.1. The Balaban J connectivity index is 1.54. The molecule has 0 radical (unpaired) electrons. The number of rotatable bonds is 7. The van der Waals surface area contributed by atoms with Crippen molar-refractivity contribution in [3.63, 3.8) is 0 Å². The second kappa shape index (κ2) is 8.49. The van der Waals surface area contributed by atoms with Gasteiger partial charge in [-0.25, -0.2) is 8.42 Å². The van der Waals surface area contributed by atoms with Crippen molar-refractivity contribution >= 4 is 21.7 Å². The lowest BCUT2D eigenvalue weighted by Gasteiger charge is -2.16. The lowest BCUT2D eigenvalue weighted by molar-refractivity contribution is -0.384. The molecule has 2 aromatic rings. The van der Waals surface area contributed by atoms with Gasteiger partial charge in [0.2, 0.25) is 10.0 Å². The number of hydrogen-bond donors (Lipinski definition) is 1. The average molecular weight is 404 g/mol. The van der Waals surface area contributed by atoms with Crippen LogP contribution in [-0.2, 0) is 39.0 Å². The molecule has 9 heteroatoms. The summed E-state index contributed by atoms with van der Waals surface area (Å²) in [6, 6.07) is 10.6. The molecule has 2 aromatic carbocycles. The van der Waals surface area contributed by atoms with E-state index in [1.807, 2.05) is 6.07 Å². The number of nitro benzene ring substituents is 1. The Hall–Kier alpha value is -2.78. The average Bonchev–Trinajstić information content (AvgIpc) is 2.70. The highest BCUT2D eigenvalue weighted by Crippen LogP contribution is 2.24. The van der Waals surface area contributed by atoms with Crippen molar-refractivity contribution in [2.75, 3.05) is 6.54 Å². The summed E-state index contributed by atoms with van der Waals surface area (Å²) in [5.74, 6) is -0.736. The zero-order chi connectivity index (χ0) is 20.1. The smallest absolute Gasteiger partial charge is 0.321 e. The van der Waals surface area contributed by atoms with Crippen LogP contribution in [0.1, 0.15) is 29.5 Å². The number of nitro groups is 1. The Morgan fingerprint density at radius 2 is 1.75 bits per heavy atom. The van der Waals surface area contributed by atoms with Crippen molar-refractivity contribution in [1.82, 2.24) is 4.72 Å². The Morgan fingerprint density at radius 1 is 1.07 bits per heavy atom. The maximum atomic E-state index is 12.4. The fourth-order valence-electron chi connectivity index (χ4n) is 3.04. The van der Waals surface area contributed by atoms with Gasteiger partial charge in [-0.2, -0.15) is 4.72 Å². The molecule has 0 heterocycles. The van der Waals surface area contributed by atoms with Gasteiger partial charge in [0, 0.05) is 12.1 Å². The number of esters is 1. The van der Waals surface area contributed by atoms with Crippen LogP contribution in [0, 0.1) is 10.1 Å². The first-order chi connectivity index (χ1) is 13.3. The summed E-state index contributed by atoms with van der Waals surface area (Å²) in [6.45, 7) is -0.593. The number of nitrogens with zero attached hydrogens (tertiary/aromatic N) is 1. The molecule has 0 unspecified atom stereocenters. The number of sulfonamides is 1. The largest absolute Gasteiger partial charge is 0.460 e. The van der Waals surface area contributed by atoms with E-state index >= 15 is 0 Å². The number of carbonyl (C=O) groups excluding carboxylic acids is 1. The van der Waals surface area contributed by atoms with Gasteiger partial charge in [-0.15, -0.1) is 0 Å². The van der Waals surface area contributed by atoms with E-state index < -0.39 is 27.5 Å². The lowest BCUT2D eigenvalue weighted by atomic mass is 9.92. The van der Waals surface area contributed by atoms with Gasteiger partial charge in [-0.05, 0) is 66.6 Å². The van der Waals surface area contributed by atoms with Gasteiger partial charge in [-0.1, -0.05) is 6.07 Å². The number of hydrogen-bond acceptors (Lipinski definition) is 6. The zero-order valence-electron chi connectivity index (χ0n) is 15.1. The van der Waals surface area contributed by atoms with Gasteiger partial charge < -0.3 is 4.74 Å². The summed E-state index contributed by atoms with van der Waals surface area (Å²) in [6.07, 6.45) is 3.96. The summed E-state index contributed by atoms with van der Waals surface area (Å²) < 4.78 is 32.1. The highest BCUT2D eigenvalue weighted by molar-refractivity contribution is 7.89. The molecule has 28 heavy (non-hydrogen) atoms. The molecule has 3 rings (SSSR count). The number of carbonyl (C=O) groups is 1. The first kappa shape index (κ1) is 20.0. The molecule has 0 atom stereocenters. The second-order valence-corrected chi connectivity index (χ2v) is 8.31. The third kappa shape index (κ3) is 4.93. The van der Waals surface area contributed by atoms with Crippen LogP contribution in [0.15, 0.2) is 47.4 Å². The predicted octanol–water partition coefficient (Wildman–Crippen LogP) is 2.50. The van der Waals surface area contributed by atoms with Crippen molar-refractivity contribution in [2.45, 2.75) is 37.2 Å². The molecule has 1 aliphatic rings. The molecule has 0 saturated heterocycles. The molecule has 1 aliphatic carbocycles. The molecule has 0 saturated carbocycles. The SMILES string of the molecule is O=C(CNS(=O)(=O)c1ccc2c(c1)CCCC2)OCc1ccc([N+](=O)[O-])cc1. The van der Waals surface area contributed by atoms with Crippen LogP contribution in [0.4, 0.5) is 5.69 Å². The van der Waals surface area contributed by atoms with Crippen molar-refractivity contribution in [3.8, 4) is 0 Å². The number of benzene rings is 2. The van der Waals surface area contributed by atoms with Crippen LogP contribution in [0.3, 0.4) is 0 Å². The third-order valence-electron chi connectivity index (χ3n) is 4.58. The molecule has 0 fully saturated rings. The predicted molar refractivity (Wildman–Crippen MR) is 101 cm³/mol. The Labute approximate surface area is 162 Å². The summed E-state index contributed by atoms with van der Waals surface area (Å²) >= 11 is 0. The maximum Gasteiger partial charge on any atom is 0.321 e. The second-order valence-electron chi connectivity index (χ2n) is 6.55. The minimum Gasteiger partial charge on any atom is -0.460 e. The maximum absolute atomic E-state index is 12.4. The van der Waals surface area contributed by atoms with Crippen LogP contribution in [0.5, 0.6) is 0 Å². The van der Waals surface area contributed by atoms with E-state index in [1.54, 1.807) is 12.1 Å². The van der Waals surface area contributed by atoms with Crippen molar-refractivity contribution in [3.05, 3.63) is 69.3 Å². The third-order valence-corrected chi connectivity index (χ3v) is 5.98. The van der Waals surface area contributed by atoms with E-state index in [9.17, 15) is 23.3 Å². The molecular weight excluding hydrogens is 384 g/mol. The van der Waals surface area contributed by atoms with Crippen LogP contribution >= 0.6 is 0 Å². The monoisotopic (exact) mass is 404 g/mol. The summed E-state index contributed by atoms with van der Waals surface area (Å²) in [5, 5.41) is 10.6. The molecule has 0 aromatic heterocycles. The van der Waals surface area contributed by atoms with Gasteiger partial charge in [0.25, 0.3) is 5.69 Å². The topological polar surface area (TPSA) is 116 Å². The van der Waals surface area contributed by atoms with E-state index in [4.69, 9.17) is 4.74 Å². The van der Waals surface area contributed by atoms with Crippen molar-refractivity contribution in [1.29, 1.82) is 0 Å². The van der Waals surface area contributed by atoms with Crippen molar-refractivity contribution in [2.24, 2.45) is 0 Å². The van der Waals surface area contributed by atoms with Gasteiger partial charge in [-0.3, -0.25) is 14.9 Å². The van der Waals surface area contributed by atoms with E-state index in [0.29, 0.717) is 5.56 Å². The zero-order valence-corrected chi connectivity index (χ0v) is 15.9. The van der Waals surface area contributed by atoms with Gasteiger partial charge >= 0.3 is 5.97 Å². The lowest BCUT2D eigenvalue weighted by Crippen LogP contribution is -2.30. The van der Waals surface area contributed by atoms with Gasteiger partial charge in [0.1, 0.15) is 13.2 Å². The molecule has 0 bridgehead atoms. The highest BCUT2D eigenvalue weighted by atomic mass is 32.2. The minimum atomic E-state index is -3.81. The van der Waals surface area contributed by atoms with E-state index in [2.05, 4.69) is 4.72 Å². The quantitative estimate of drug-likeness (QED) is 0.431. The number of fused-ring (bicyclic) bond motifs is 1. The molecule has 148 valence electrons. The van der Waals surface area contributed by atoms with Gasteiger partial charge in [0.15, 0.2) is 0 Å². The minimum absolute atomic E-state index is 0.0621. The Kier molecular flexibility index (Phi) is 6.05. The van der Waals surface area contributed by atoms with E-state index in [1.165, 1.54) is 29.8 Å². The molecular formula is C19H20N2O6S. The highest BCUT2D eigenvalue weighted by Gasteiger charge is 2.19. The van der Waals surface area contributed by atoms with Crippen molar-refractivity contribution < 1.29 is 22.9 Å². The Morgan fingerprint density at radius 3 is 2.43 bits per heavy atom. The van der Waals surface area contributed by atoms with Crippen LogP contribution in [0.2, 0.25) is 0 Å². The standard InChI is InChI=1S/C19H20N2O6S/c22-19(27-13-14-5-8-17(9-6-14)21(23)24)12-20-28(25,26)18-10-7-15-3-1-2-4-16(15)11-18/h5-11,20H,1-4,12-13H2. The fraction of sp³-hybridized carbons (Fsp3) is 0.316. The first-order valence-corrected chi connectivity index (χ1v) is 10.3. The van der Waals surface area contributed by atoms with Gasteiger partial charge in [0.05, 0.1) is 9.82 Å². The molecule has 1 N–H and O–H groups in total. The first-order valence-electron chi connectivity index (χ1n) is 8.85. The fourth-order valence-corrected chi connectivity index (χ4v) is 4.06. The van der Waals surface area contributed by atoms with Crippen LogP contribution in [0.25, 0.3) is 0 Å². The summed E-state index contributed by atoms with van der Waals surface area (Å²) in [7, 11) is -3.81. The van der Waals surface area contributed by atoms with E-state index in [0.717, 1.165) is 31.2 Å². The molecule has 0 spiro atoms. The summed E-state index contributed by atoms with van der Waals surface area (Å²) in [5.41, 5.74) is 2.71. The number of ether oxygens (including phenoxy) is 1. The van der Waals surface area contributed by atoms with E-state index in [-0.39, 0.29) is 17.2 Å². The van der Waals surface area contributed by atoms with Crippen LogP contribution < -0.4 is 4.72 Å². The van der Waals surface area contributed by atoms with Crippen LogP contribution in [-0.4, -0.2) is 25.9 Å².